The van der Waals surface area contributed by atoms with Crippen molar-refractivity contribution in [3.05, 3.63) is 57.7 Å². The quantitative estimate of drug-likeness (QED) is 0.444. The highest BCUT2D eigenvalue weighted by Gasteiger charge is 2.16. The fraction of sp³-hybridized carbons (Fsp3) is 0.227. The average molecular weight is 379 g/mol. The van der Waals surface area contributed by atoms with Crippen molar-refractivity contribution in [1.82, 2.24) is 4.98 Å². The van der Waals surface area contributed by atoms with E-state index in [0.717, 1.165) is 34.7 Å². The number of aromatic nitrogens is 1. The van der Waals surface area contributed by atoms with E-state index in [9.17, 15) is 15.0 Å². The highest BCUT2D eigenvalue weighted by molar-refractivity contribution is 7.17. The van der Waals surface area contributed by atoms with Crippen molar-refractivity contribution in [2.45, 2.75) is 26.7 Å². The van der Waals surface area contributed by atoms with E-state index >= 15 is 0 Å². The summed E-state index contributed by atoms with van der Waals surface area (Å²) >= 11 is 1.38. The Morgan fingerprint density at radius 2 is 1.89 bits per heavy atom. The number of thiophene rings is 1. The molecule has 4 aromatic rings. The van der Waals surface area contributed by atoms with Crippen molar-refractivity contribution < 1.29 is 10.2 Å². The number of aromatic hydroxyl groups is 2. The molecule has 27 heavy (non-hydrogen) atoms. The van der Waals surface area contributed by atoms with Gasteiger partial charge in [-0.2, -0.15) is 0 Å². The summed E-state index contributed by atoms with van der Waals surface area (Å²) in [6.45, 7) is 4.32. The van der Waals surface area contributed by atoms with Crippen molar-refractivity contribution in [1.29, 1.82) is 0 Å². The maximum Gasteiger partial charge on any atom is 0.266 e. The first-order valence-corrected chi connectivity index (χ1v) is 9.91. The van der Waals surface area contributed by atoms with E-state index in [-0.39, 0.29) is 17.1 Å². The van der Waals surface area contributed by atoms with E-state index in [0.29, 0.717) is 21.7 Å². The number of benzene rings is 2. The molecule has 0 aliphatic carbocycles. The number of H-pyrrole nitrogens is 1. The Kier molecular flexibility index (Phi) is 4.40. The molecule has 3 N–H and O–H groups in total. The van der Waals surface area contributed by atoms with Gasteiger partial charge in [-0.3, -0.25) is 4.79 Å². The Morgan fingerprint density at radius 3 is 2.63 bits per heavy atom. The normalized spacial score (nSPS) is 11.7. The molecule has 0 bridgehead atoms. The van der Waals surface area contributed by atoms with Crippen LogP contribution in [-0.2, 0) is 6.42 Å². The Hall–Kier alpha value is -2.79. The van der Waals surface area contributed by atoms with Crippen molar-refractivity contribution in [3.8, 4) is 22.6 Å². The van der Waals surface area contributed by atoms with Crippen LogP contribution in [0.2, 0.25) is 0 Å². The second-order valence-corrected chi connectivity index (χ2v) is 8.19. The van der Waals surface area contributed by atoms with E-state index < -0.39 is 0 Å². The summed E-state index contributed by atoms with van der Waals surface area (Å²) in [5.74, 6) is 0.918. The molecule has 0 saturated heterocycles. The lowest BCUT2D eigenvalue weighted by atomic mass is 9.94. The molecule has 2 heterocycles. The zero-order valence-electron chi connectivity index (χ0n) is 15.2. The minimum Gasteiger partial charge on any atom is -0.508 e. The van der Waals surface area contributed by atoms with Crippen molar-refractivity contribution in [2.75, 3.05) is 0 Å². The molecule has 0 amide bonds. The molecule has 0 aliphatic heterocycles. The summed E-state index contributed by atoms with van der Waals surface area (Å²) in [5.41, 5.74) is 2.79. The van der Waals surface area contributed by atoms with Crippen LogP contribution < -0.4 is 5.56 Å². The van der Waals surface area contributed by atoms with E-state index in [1.807, 2.05) is 23.6 Å². The molecule has 2 aromatic heterocycles. The summed E-state index contributed by atoms with van der Waals surface area (Å²) in [4.78, 5) is 15.2. The molecule has 0 atom stereocenters. The SMILES string of the molecule is CC(C)CCc1ccc(-c2c(O)ccc3[nH]c(=O)c4sccc4c23)cc1O. The van der Waals surface area contributed by atoms with Crippen LogP contribution in [0, 0.1) is 5.92 Å². The summed E-state index contributed by atoms with van der Waals surface area (Å²) in [6, 6.07) is 10.7. The molecule has 2 aromatic carbocycles. The van der Waals surface area contributed by atoms with Gasteiger partial charge in [0.1, 0.15) is 16.2 Å². The first kappa shape index (κ1) is 17.6. The van der Waals surface area contributed by atoms with Crippen LogP contribution in [0.15, 0.2) is 46.6 Å². The first-order valence-electron chi connectivity index (χ1n) is 9.03. The van der Waals surface area contributed by atoms with Crippen LogP contribution in [0.4, 0.5) is 0 Å². The Labute approximate surface area is 160 Å². The second kappa shape index (κ2) is 6.74. The number of nitrogens with one attached hydrogen (secondary N) is 1. The van der Waals surface area contributed by atoms with Crippen LogP contribution >= 0.6 is 11.3 Å². The zero-order chi connectivity index (χ0) is 19.1. The van der Waals surface area contributed by atoms with Gasteiger partial charge in [-0.15, -0.1) is 11.3 Å². The average Bonchev–Trinajstić information content (AvgIpc) is 3.11. The fourth-order valence-corrected chi connectivity index (χ4v) is 4.30. The van der Waals surface area contributed by atoms with Gasteiger partial charge < -0.3 is 15.2 Å². The van der Waals surface area contributed by atoms with E-state index in [4.69, 9.17) is 0 Å². The Balaban J connectivity index is 1.94. The zero-order valence-corrected chi connectivity index (χ0v) is 16.1. The lowest BCUT2D eigenvalue weighted by Crippen LogP contribution is -2.04. The third-order valence-corrected chi connectivity index (χ3v) is 5.85. The summed E-state index contributed by atoms with van der Waals surface area (Å²) in [6.07, 6.45) is 1.82. The van der Waals surface area contributed by atoms with Gasteiger partial charge in [-0.05, 0) is 59.5 Å². The number of phenols is 2. The number of pyridine rings is 1. The number of rotatable bonds is 4. The number of aromatic amines is 1. The van der Waals surface area contributed by atoms with E-state index in [2.05, 4.69) is 18.8 Å². The third kappa shape index (κ3) is 3.08. The van der Waals surface area contributed by atoms with Gasteiger partial charge in [0.15, 0.2) is 0 Å². The molecule has 0 radical (unpaired) electrons. The molecular formula is C22H21NO3S. The number of hydrogen-bond acceptors (Lipinski definition) is 4. The predicted molar refractivity (Wildman–Crippen MR) is 112 cm³/mol. The molecule has 0 fully saturated rings. The highest BCUT2D eigenvalue weighted by atomic mass is 32.1. The fourth-order valence-electron chi connectivity index (χ4n) is 3.50. The Bertz CT molecular complexity index is 1200. The number of hydrogen-bond donors (Lipinski definition) is 3. The number of phenolic OH excluding ortho intramolecular Hbond substituents is 2. The van der Waals surface area contributed by atoms with Crippen LogP contribution in [0.1, 0.15) is 25.8 Å². The van der Waals surface area contributed by atoms with Crippen molar-refractivity contribution in [3.63, 3.8) is 0 Å². The molecule has 0 unspecified atom stereocenters. The second-order valence-electron chi connectivity index (χ2n) is 7.28. The highest BCUT2D eigenvalue weighted by Crippen LogP contribution is 2.41. The Morgan fingerprint density at radius 1 is 1.07 bits per heavy atom. The lowest BCUT2D eigenvalue weighted by Gasteiger charge is -2.13. The largest absolute Gasteiger partial charge is 0.508 e. The summed E-state index contributed by atoms with van der Waals surface area (Å²) in [7, 11) is 0. The minimum atomic E-state index is -0.129. The molecule has 138 valence electrons. The number of aryl methyl sites for hydroxylation is 1. The van der Waals surface area contributed by atoms with Gasteiger partial charge in [0.25, 0.3) is 5.56 Å². The van der Waals surface area contributed by atoms with Gasteiger partial charge in [0.2, 0.25) is 0 Å². The number of fused-ring (bicyclic) bond motifs is 3. The van der Waals surface area contributed by atoms with E-state index in [1.54, 1.807) is 18.2 Å². The molecule has 5 heteroatoms. The topological polar surface area (TPSA) is 73.3 Å². The van der Waals surface area contributed by atoms with Gasteiger partial charge in [0.05, 0.1) is 0 Å². The molecule has 0 saturated carbocycles. The third-order valence-electron chi connectivity index (χ3n) is 4.94. The standard InChI is InChI=1S/C22H21NO3S/c1-12(2)3-4-13-5-6-14(11-18(13)25)19-17(24)8-7-16-20(19)15-9-10-27-21(15)22(26)23-16/h5-12,24-25H,3-4H2,1-2H3,(H,23,26). The maximum atomic E-state index is 12.3. The lowest BCUT2D eigenvalue weighted by molar-refractivity contribution is 0.463. The predicted octanol–water partition coefficient (Wildman–Crippen LogP) is 5.41. The van der Waals surface area contributed by atoms with Gasteiger partial charge >= 0.3 is 0 Å². The molecular weight excluding hydrogens is 358 g/mol. The summed E-state index contributed by atoms with van der Waals surface area (Å²) < 4.78 is 0.632. The van der Waals surface area contributed by atoms with Crippen LogP contribution in [0.3, 0.4) is 0 Å². The van der Waals surface area contributed by atoms with Gasteiger partial charge in [-0.25, -0.2) is 0 Å². The van der Waals surface area contributed by atoms with Crippen molar-refractivity contribution >= 4 is 32.3 Å². The molecule has 4 rings (SSSR count). The first-order chi connectivity index (χ1) is 13.0. The molecule has 0 spiro atoms. The minimum absolute atomic E-state index is 0.122. The van der Waals surface area contributed by atoms with Crippen LogP contribution in [-0.4, -0.2) is 15.2 Å². The maximum absolute atomic E-state index is 12.3. The van der Waals surface area contributed by atoms with Crippen LogP contribution in [0.25, 0.3) is 32.1 Å². The van der Waals surface area contributed by atoms with Gasteiger partial charge in [-0.1, -0.05) is 26.0 Å². The molecule has 4 nitrogen and oxygen atoms in total. The van der Waals surface area contributed by atoms with Crippen molar-refractivity contribution in [2.24, 2.45) is 5.92 Å². The van der Waals surface area contributed by atoms with Crippen LogP contribution in [0.5, 0.6) is 11.5 Å². The van der Waals surface area contributed by atoms with E-state index in [1.165, 1.54) is 11.3 Å². The van der Waals surface area contributed by atoms with Gasteiger partial charge in [0, 0.05) is 21.9 Å². The summed E-state index contributed by atoms with van der Waals surface area (Å²) in [5, 5.41) is 24.6. The molecule has 0 aliphatic rings. The monoisotopic (exact) mass is 379 g/mol. The smallest absolute Gasteiger partial charge is 0.266 e.